The zero-order valence-corrected chi connectivity index (χ0v) is 7.93. The smallest absolute Gasteiger partial charge is 0.349 e. The van der Waals surface area contributed by atoms with Crippen LogP contribution in [0.2, 0.25) is 0 Å². The van der Waals surface area contributed by atoms with Crippen molar-refractivity contribution >= 4 is 17.3 Å². The molecule has 0 fully saturated rings. The Hall–Kier alpha value is -1.07. The molecule has 0 aliphatic heterocycles. The van der Waals surface area contributed by atoms with Gasteiger partial charge in [-0.1, -0.05) is 0 Å². The third-order valence-electron chi connectivity index (χ3n) is 1.36. The minimum absolute atomic E-state index is 0.117. The van der Waals surface area contributed by atoms with Crippen LogP contribution in [0.4, 0.5) is 0 Å². The van der Waals surface area contributed by atoms with Crippen LogP contribution in [0.25, 0.3) is 0 Å². The van der Waals surface area contributed by atoms with Gasteiger partial charge in [0.2, 0.25) is 0 Å². The fourth-order valence-electron chi connectivity index (χ4n) is 0.903. The number of carbonyl (C=O) groups is 1. The number of hydrogen-bond donors (Lipinski definition) is 2. The van der Waals surface area contributed by atoms with E-state index in [9.17, 15) is 4.79 Å². The van der Waals surface area contributed by atoms with Crippen LogP contribution in [0.3, 0.4) is 0 Å². The average molecular weight is 202 g/mol. The van der Waals surface area contributed by atoms with Crippen molar-refractivity contribution in [3.05, 3.63) is 15.8 Å². The second-order valence-electron chi connectivity index (χ2n) is 2.43. The molecule has 0 saturated carbocycles. The van der Waals surface area contributed by atoms with E-state index in [0.29, 0.717) is 5.75 Å². The van der Waals surface area contributed by atoms with Crippen LogP contribution >= 0.6 is 11.3 Å². The number of carboxylic acid groups (broad SMARTS) is 1. The number of ether oxygens (including phenoxy) is 1. The molecule has 5 heteroatoms. The fourth-order valence-corrected chi connectivity index (χ4v) is 1.70. The second-order valence-corrected chi connectivity index (χ2v) is 3.68. The first-order valence-electron chi connectivity index (χ1n) is 3.72. The first-order chi connectivity index (χ1) is 6.15. The van der Waals surface area contributed by atoms with Crippen LogP contribution in [0.5, 0.6) is 5.75 Å². The largest absolute Gasteiger partial charge is 0.489 e. The maximum Gasteiger partial charge on any atom is 0.349 e. The molecule has 0 saturated heterocycles. The molecule has 1 aromatic heterocycles. The highest BCUT2D eigenvalue weighted by molar-refractivity contribution is 7.14. The molecule has 13 heavy (non-hydrogen) atoms. The van der Waals surface area contributed by atoms with Gasteiger partial charge in [0.05, 0.1) is 6.61 Å². The molecule has 0 aliphatic carbocycles. The number of aliphatic hydroxyl groups is 1. The van der Waals surface area contributed by atoms with Gasteiger partial charge in [-0.05, 0) is 13.0 Å². The van der Waals surface area contributed by atoms with Crippen molar-refractivity contribution in [2.75, 3.05) is 13.2 Å². The monoisotopic (exact) mass is 202 g/mol. The summed E-state index contributed by atoms with van der Waals surface area (Å²) in [5.41, 5.74) is 0. The minimum atomic E-state index is -0.994. The highest BCUT2D eigenvalue weighted by Crippen LogP contribution is 2.28. The number of aliphatic hydroxyl groups excluding tert-OH is 1. The van der Waals surface area contributed by atoms with E-state index in [1.165, 1.54) is 11.3 Å². The highest BCUT2D eigenvalue weighted by atomic mass is 32.1. The lowest BCUT2D eigenvalue weighted by Crippen LogP contribution is -2.04. The maximum absolute atomic E-state index is 10.7. The Bertz CT molecular complexity index is 305. The zero-order valence-electron chi connectivity index (χ0n) is 7.11. The maximum atomic E-state index is 10.7. The molecule has 1 rings (SSSR count). The van der Waals surface area contributed by atoms with E-state index in [0.717, 1.165) is 4.88 Å². The molecule has 0 unspecified atom stereocenters. The Kier molecular flexibility index (Phi) is 3.27. The Morgan fingerprint density at radius 2 is 2.38 bits per heavy atom. The summed E-state index contributed by atoms with van der Waals surface area (Å²) in [5.74, 6) is -0.657. The minimum Gasteiger partial charge on any atom is -0.489 e. The van der Waals surface area contributed by atoms with E-state index in [1.807, 2.05) is 6.92 Å². The molecule has 2 N–H and O–H groups in total. The van der Waals surface area contributed by atoms with Gasteiger partial charge in [0.25, 0.3) is 0 Å². The van der Waals surface area contributed by atoms with E-state index in [2.05, 4.69) is 0 Å². The summed E-state index contributed by atoms with van der Waals surface area (Å²) in [7, 11) is 0. The van der Waals surface area contributed by atoms with E-state index >= 15 is 0 Å². The standard InChI is InChI=1S/C8H10O4S/c1-5-4-6(12-3-2-9)7(13-5)8(10)11/h4,9H,2-3H2,1H3,(H,10,11). The summed E-state index contributed by atoms with van der Waals surface area (Å²) < 4.78 is 5.05. The summed E-state index contributed by atoms with van der Waals surface area (Å²) >= 11 is 1.17. The lowest BCUT2D eigenvalue weighted by Gasteiger charge is -2.01. The molecular weight excluding hydrogens is 192 g/mol. The van der Waals surface area contributed by atoms with Gasteiger partial charge in [-0.2, -0.15) is 0 Å². The van der Waals surface area contributed by atoms with Crippen LogP contribution in [0.1, 0.15) is 14.5 Å². The van der Waals surface area contributed by atoms with Gasteiger partial charge < -0.3 is 14.9 Å². The molecule has 0 aliphatic rings. The number of thiophene rings is 1. The Morgan fingerprint density at radius 3 is 2.92 bits per heavy atom. The van der Waals surface area contributed by atoms with Crippen molar-refractivity contribution in [2.24, 2.45) is 0 Å². The molecule has 0 spiro atoms. The summed E-state index contributed by atoms with van der Waals surface area (Å²) in [6.07, 6.45) is 0. The summed E-state index contributed by atoms with van der Waals surface area (Å²) in [5, 5.41) is 17.2. The predicted molar refractivity (Wildman–Crippen MR) is 48.6 cm³/mol. The third kappa shape index (κ3) is 2.43. The Morgan fingerprint density at radius 1 is 1.69 bits per heavy atom. The summed E-state index contributed by atoms with van der Waals surface area (Å²) in [4.78, 5) is 11.7. The fraction of sp³-hybridized carbons (Fsp3) is 0.375. The molecule has 1 heterocycles. The van der Waals surface area contributed by atoms with Crippen molar-refractivity contribution in [3.63, 3.8) is 0 Å². The Balaban J connectivity index is 2.84. The van der Waals surface area contributed by atoms with Gasteiger partial charge in [0.15, 0.2) is 4.88 Å². The van der Waals surface area contributed by atoms with Gasteiger partial charge >= 0.3 is 5.97 Å². The van der Waals surface area contributed by atoms with Crippen LogP contribution in [0.15, 0.2) is 6.07 Å². The van der Waals surface area contributed by atoms with Gasteiger partial charge in [0.1, 0.15) is 12.4 Å². The van der Waals surface area contributed by atoms with Crippen molar-refractivity contribution < 1.29 is 19.7 Å². The quantitative estimate of drug-likeness (QED) is 0.768. The summed E-state index contributed by atoms with van der Waals surface area (Å²) in [6.45, 7) is 1.81. The number of aryl methyl sites for hydroxylation is 1. The molecule has 0 aromatic carbocycles. The van der Waals surface area contributed by atoms with Gasteiger partial charge in [-0.25, -0.2) is 4.79 Å². The molecule has 0 radical (unpaired) electrons. The highest BCUT2D eigenvalue weighted by Gasteiger charge is 2.14. The average Bonchev–Trinajstić information content (AvgIpc) is 2.43. The zero-order chi connectivity index (χ0) is 9.84. The van der Waals surface area contributed by atoms with E-state index in [1.54, 1.807) is 6.07 Å². The molecule has 0 bridgehead atoms. The number of carboxylic acids is 1. The van der Waals surface area contributed by atoms with Crippen molar-refractivity contribution in [1.82, 2.24) is 0 Å². The van der Waals surface area contributed by atoms with E-state index in [-0.39, 0.29) is 18.1 Å². The lowest BCUT2D eigenvalue weighted by atomic mass is 10.4. The number of hydrogen-bond acceptors (Lipinski definition) is 4. The second kappa shape index (κ2) is 4.25. The molecule has 0 atom stereocenters. The van der Waals surface area contributed by atoms with Crippen LogP contribution < -0.4 is 4.74 Å². The first-order valence-corrected chi connectivity index (χ1v) is 4.54. The molecule has 4 nitrogen and oxygen atoms in total. The van der Waals surface area contributed by atoms with Crippen molar-refractivity contribution in [3.8, 4) is 5.75 Å². The molecule has 0 amide bonds. The Labute approximate surface area is 79.4 Å². The molecule has 1 aromatic rings. The third-order valence-corrected chi connectivity index (χ3v) is 2.38. The van der Waals surface area contributed by atoms with E-state index < -0.39 is 5.97 Å². The van der Waals surface area contributed by atoms with Crippen molar-refractivity contribution in [2.45, 2.75) is 6.92 Å². The van der Waals surface area contributed by atoms with Crippen LogP contribution in [-0.4, -0.2) is 29.4 Å². The SMILES string of the molecule is Cc1cc(OCCO)c(C(=O)O)s1. The molecule has 72 valence electrons. The van der Waals surface area contributed by atoms with Crippen molar-refractivity contribution in [1.29, 1.82) is 0 Å². The van der Waals surface area contributed by atoms with Gasteiger partial charge in [0, 0.05) is 4.88 Å². The van der Waals surface area contributed by atoms with Gasteiger partial charge in [-0.3, -0.25) is 0 Å². The lowest BCUT2D eigenvalue weighted by molar-refractivity contribution is 0.0696. The van der Waals surface area contributed by atoms with Crippen LogP contribution in [-0.2, 0) is 0 Å². The normalized spacial score (nSPS) is 10.0. The van der Waals surface area contributed by atoms with Crippen LogP contribution in [0, 0.1) is 6.92 Å². The molecular formula is C8H10O4S. The number of aromatic carboxylic acids is 1. The van der Waals surface area contributed by atoms with Gasteiger partial charge in [-0.15, -0.1) is 11.3 Å². The first kappa shape index (κ1) is 10.0. The van der Waals surface area contributed by atoms with E-state index in [4.69, 9.17) is 14.9 Å². The number of rotatable bonds is 4. The summed E-state index contributed by atoms with van der Waals surface area (Å²) in [6, 6.07) is 1.66. The topological polar surface area (TPSA) is 66.8 Å². The predicted octanol–water partition coefficient (Wildman–Crippen LogP) is 1.13.